The van der Waals surface area contributed by atoms with Crippen molar-refractivity contribution in [3.05, 3.63) is 95.7 Å². The topological polar surface area (TPSA) is 65.1 Å². The summed E-state index contributed by atoms with van der Waals surface area (Å²) in [5.74, 6) is 0.266. The van der Waals surface area contributed by atoms with Gasteiger partial charge in [-0.3, -0.25) is 4.79 Å². The normalized spacial score (nSPS) is 12.3. The summed E-state index contributed by atoms with van der Waals surface area (Å²) >= 11 is 0. The number of carbonyl (C=O) groups is 1. The van der Waals surface area contributed by atoms with Crippen molar-refractivity contribution in [1.82, 2.24) is 10.3 Å². The molecule has 0 aliphatic carbocycles. The molecule has 0 spiro atoms. The molecule has 0 aliphatic rings. The lowest BCUT2D eigenvalue weighted by molar-refractivity contribution is 0.0916. The van der Waals surface area contributed by atoms with Crippen molar-refractivity contribution >= 4 is 16.8 Å². The minimum Gasteiger partial charge on any atom is -0.394 e. The molecule has 3 aromatic carbocycles. The molecule has 0 saturated heterocycles. The van der Waals surface area contributed by atoms with Gasteiger partial charge in [0.15, 0.2) is 0 Å². The SMILES string of the molecule is CC(C)c1cccc(-c2cccc(C(=O)N[C@@H](CO)Cc3c[nH]c4ccccc34)c2)c1. The first-order valence-corrected chi connectivity index (χ1v) is 10.7. The molecule has 0 radical (unpaired) electrons. The Hall–Kier alpha value is -3.37. The summed E-state index contributed by atoms with van der Waals surface area (Å²) in [5.41, 5.74) is 6.09. The number of aliphatic hydroxyl groups excluding tert-OH is 1. The molecule has 4 heteroatoms. The molecule has 0 unspecified atom stereocenters. The van der Waals surface area contributed by atoms with Gasteiger partial charge < -0.3 is 15.4 Å². The second kappa shape index (κ2) is 9.19. The van der Waals surface area contributed by atoms with Crippen molar-refractivity contribution in [3.63, 3.8) is 0 Å². The highest BCUT2D eigenvalue weighted by molar-refractivity contribution is 5.95. The molecule has 1 atom stereocenters. The Morgan fingerprint density at radius 1 is 0.968 bits per heavy atom. The fourth-order valence-corrected chi connectivity index (χ4v) is 3.91. The van der Waals surface area contributed by atoms with E-state index in [0.29, 0.717) is 17.9 Å². The number of aromatic nitrogens is 1. The lowest BCUT2D eigenvalue weighted by Crippen LogP contribution is -2.39. The van der Waals surface area contributed by atoms with Crippen molar-refractivity contribution in [3.8, 4) is 11.1 Å². The van der Waals surface area contributed by atoms with Crippen LogP contribution in [0.1, 0.15) is 41.3 Å². The first-order chi connectivity index (χ1) is 15.0. The maximum atomic E-state index is 12.9. The van der Waals surface area contributed by atoms with E-state index in [9.17, 15) is 9.90 Å². The van der Waals surface area contributed by atoms with E-state index in [1.165, 1.54) is 5.56 Å². The second-order valence-electron chi connectivity index (χ2n) is 8.28. The summed E-state index contributed by atoms with van der Waals surface area (Å²) in [6.45, 7) is 4.22. The number of nitrogens with one attached hydrogen (secondary N) is 2. The van der Waals surface area contributed by atoms with E-state index < -0.39 is 0 Å². The fourth-order valence-electron chi connectivity index (χ4n) is 3.91. The van der Waals surface area contributed by atoms with Crippen LogP contribution in [0.15, 0.2) is 79.0 Å². The van der Waals surface area contributed by atoms with Crippen molar-refractivity contribution in [2.24, 2.45) is 0 Å². The van der Waals surface area contributed by atoms with Crippen LogP contribution >= 0.6 is 0 Å². The third-order valence-electron chi connectivity index (χ3n) is 5.71. The number of aliphatic hydroxyl groups is 1. The molecule has 3 N–H and O–H groups in total. The molecule has 4 aromatic rings. The third-order valence-corrected chi connectivity index (χ3v) is 5.71. The molecule has 31 heavy (non-hydrogen) atoms. The Bertz CT molecular complexity index is 1190. The van der Waals surface area contributed by atoms with Gasteiger partial charge in [-0.25, -0.2) is 0 Å². The zero-order valence-electron chi connectivity index (χ0n) is 17.9. The highest BCUT2D eigenvalue weighted by Crippen LogP contribution is 2.25. The lowest BCUT2D eigenvalue weighted by Gasteiger charge is -2.16. The van der Waals surface area contributed by atoms with Gasteiger partial charge in [-0.2, -0.15) is 0 Å². The van der Waals surface area contributed by atoms with Crippen molar-refractivity contribution in [2.45, 2.75) is 32.2 Å². The summed E-state index contributed by atoms with van der Waals surface area (Å²) < 4.78 is 0. The van der Waals surface area contributed by atoms with Crippen LogP contribution < -0.4 is 5.32 Å². The molecule has 0 bridgehead atoms. The van der Waals surface area contributed by atoms with Crippen LogP contribution in [0.25, 0.3) is 22.0 Å². The Balaban J connectivity index is 1.51. The maximum absolute atomic E-state index is 12.9. The number of carbonyl (C=O) groups excluding carboxylic acids is 1. The first kappa shape index (κ1) is 20.9. The molecule has 1 aromatic heterocycles. The highest BCUT2D eigenvalue weighted by atomic mass is 16.3. The smallest absolute Gasteiger partial charge is 0.251 e. The average molecular weight is 413 g/mol. The van der Waals surface area contributed by atoms with E-state index in [1.807, 2.05) is 54.7 Å². The molecule has 0 aliphatic heterocycles. The van der Waals surface area contributed by atoms with Gasteiger partial charge in [0.2, 0.25) is 0 Å². The van der Waals surface area contributed by atoms with Crippen molar-refractivity contribution in [2.75, 3.05) is 6.61 Å². The molecule has 0 saturated carbocycles. The molecular weight excluding hydrogens is 384 g/mol. The second-order valence-corrected chi connectivity index (χ2v) is 8.28. The number of para-hydroxylation sites is 1. The Labute approximate surface area is 182 Å². The van der Waals surface area contributed by atoms with Gasteiger partial charge in [0.25, 0.3) is 5.91 Å². The van der Waals surface area contributed by atoms with E-state index in [-0.39, 0.29) is 18.6 Å². The van der Waals surface area contributed by atoms with Crippen LogP contribution in [-0.2, 0) is 6.42 Å². The van der Waals surface area contributed by atoms with Gasteiger partial charge in [-0.15, -0.1) is 0 Å². The zero-order valence-corrected chi connectivity index (χ0v) is 17.9. The Morgan fingerprint density at radius 2 is 1.71 bits per heavy atom. The van der Waals surface area contributed by atoms with E-state index >= 15 is 0 Å². The molecular formula is C27H28N2O2. The van der Waals surface area contributed by atoms with Gasteiger partial charge in [-0.1, -0.05) is 68.4 Å². The summed E-state index contributed by atoms with van der Waals surface area (Å²) in [6, 6.07) is 23.7. The van der Waals surface area contributed by atoms with Gasteiger partial charge in [0.1, 0.15) is 0 Å². The van der Waals surface area contributed by atoms with Crippen LogP contribution in [0.5, 0.6) is 0 Å². The van der Waals surface area contributed by atoms with Crippen molar-refractivity contribution in [1.29, 1.82) is 0 Å². The van der Waals surface area contributed by atoms with Gasteiger partial charge in [-0.05, 0) is 52.8 Å². The number of benzene rings is 3. The molecule has 4 rings (SSSR count). The zero-order chi connectivity index (χ0) is 21.8. The van der Waals surface area contributed by atoms with Gasteiger partial charge >= 0.3 is 0 Å². The summed E-state index contributed by atoms with van der Waals surface area (Å²) in [4.78, 5) is 16.2. The number of amides is 1. The van der Waals surface area contributed by atoms with Gasteiger partial charge in [0.05, 0.1) is 12.6 Å². The summed E-state index contributed by atoms with van der Waals surface area (Å²) in [5, 5.41) is 14.0. The number of hydrogen-bond acceptors (Lipinski definition) is 2. The van der Waals surface area contributed by atoms with E-state index in [0.717, 1.165) is 27.6 Å². The predicted molar refractivity (Wildman–Crippen MR) is 126 cm³/mol. The van der Waals surface area contributed by atoms with E-state index in [4.69, 9.17) is 0 Å². The van der Waals surface area contributed by atoms with Crippen LogP contribution in [0.4, 0.5) is 0 Å². The molecule has 4 nitrogen and oxygen atoms in total. The monoisotopic (exact) mass is 412 g/mol. The number of fused-ring (bicyclic) bond motifs is 1. The molecule has 0 fully saturated rings. The van der Waals surface area contributed by atoms with E-state index in [1.54, 1.807) is 0 Å². The van der Waals surface area contributed by atoms with Crippen LogP contribution in [-0.4, -0.2) is 28.6 Å². The minimum absolute atomic E-state index is 0.124. The largest absolute Gasteiger partial charge is 0.394 e. The number of rotatable bonds is 7. The number of aromatic amines is 1. The average Bonchev–Trinajstić information content (AvgIpc) is 3.21. The fraction of sp³-hybridized carbons (Fsp3) is 0.222. The lowest BCUT2D eigenvalue weighted by atomic mass is 9.96. The minimum atomic E-state index is -0.361. The third kappa shape index (κ3) is 4.70. The van der Waals surface area contributed by atoms with Crippen LogP contribution in [0.3, 0.4) is 0 Å². The van der Waals surface area contributed by atoms with Crippen LogP contribution in [0.2, 0.25) is 0 Å². The van der Waals surface area contributed by atoms with E-state index in [2.05, 4.69) is 48.4 Å². The maximum Gasteiger partial charge on any atom is 0.251 e. The summed E-state index contributed by atoms with van der Waals surface area (Å²) in [7, 11) is 0. The quantitative estimate of drug-likeness (QED) is 0.386. The number of H-pyrrole nitrogens is 1. The Morgan fingerprint density at radius 3 is 2.48 bits per heavy atom. The highest BCUT2D eigenvalue weighted by Gasteiger charge is 2.16. The van der Waals surface area contributed by atoms with Crippen LogP contribution in [0, 0.1) is 0 Å². The predicted octanol–water partition coefficient (Wildman–Crippen LogP) is 5.29. The number of hydrogen-bond donors (Lipinski definition) is 3. The molecule has 1 amide bonds. The van der Waals surface area contributed by atoms with Crippen molar-refractivity contribution < 1.29 is 9.90 Å². The molecule has 158 valence electrons. The first-order valence-electron chi connectivity index (χ1n) is 10.7. The van der Waals surface area contributed by atoms with Gasteiger partial charge in [0, 0.05) is 22.7 Å². The molecule has 1 heterocycles. The Kier molecular flexibility index (Phi) is 6.19. The summed E-state index contributed by atoms with van der Waals surface area (Å²) in [6.07, 6.45) is 2.50. The standard InChI is InChI=1S/C27H28N2O2/c1-18(2)19-7-5-8-20(13-19)21-9-6-10-22(14-21)27(31)29-24(17-30)15-23-16-28-26-12-4-3-11-25(23)26/h3-14,16,18,24,28,30H,15,17H2,1-2H3,(H,29,31)/t24-/m1/s1.